The van der Waals surface area contributed by atoms with Crippen LogP contribution in [0.15, 0.2) is 43.0 Å². The van der Waals surface area contributed by atoms with Gasteiger partial charge in [0.25, 0.3) is 0 Å². The Morgan fingerprint density at radius 2 is 1.36 bits per heavy atom. The number of esters is 1. The topological polar surface area (TPSA) is 183 Å². The summed E-state index contributed by atoms with van der Waals surface area (Å²) in [6, 6.07) is 10.6. The van der Waals surface area contributed by atoms with Crippen molar-refractivity contribution in [3.05, 3.63) is 48.6 Å². The Balaban J connectivity index is -0.000000102. The Labute approximate surface area is 298 Å². The molecule has 0 aliphatic heterocycles. The van der Waals surface area contributed by atoms with E-state index in [4.69, 9.17) is 4.74 Å². The zero-order valence-corrected chi connectivity index (χ0v) is 30.7. The van der Waals surface area contributed by atoms with Crippen LogP contribution in [0.2, 0.25) is 0 Å². The van der Waals surface area contributed by atoms with Crippen LogP contribution in [0.3, 0.4) is 0 Å². The Morgan fingerprint density at radius 3 is 1.69 bits per heavy atom. The largest absolute Gasteiger partial charge is 1.00 e. The molecule has 0 bridgehead atoms. The predicted octanol–water partition coefficient (Wildman–Crippen LogP) is -8.04. The van der Waals surface area contributed by atoms with Gasteiger partial charge in [-0.3, -0.25) is 15.9 Å². The van der Waals surface area contributed by atoms with Crippen LogP contribution in [0, 0.1) is 23.7 Å². The summed E-state index contributed by atoms with van der Waals surface area (Å²) < 4.78 is 4.70. The van der Waals surface area contributed by atoms with Crippen molar-refractivity contribution < 1.29 is 133 Å². The van der Waals surface area contributed by atoms with E-state index < -0.39 is 47.5 Å². The molecule has 5 unspecified atom stereocenters. The fourth-order valence-electron chi connectivity index (χ4n) is 2.11. The molecule has 0 aliphatic rings. The third-order valence-corrected chi connectivity index (χ3v) is 5.43. The van der Waals surface area contributed by atoms with E-state index in [0.29, 0.717) is 5.92 Å². The van der Waals surface area contributed by atoms with Gasteiger partial charge in [0.1, 0.15) is 0 Å². The molecule has 0 radical (unpaired) electrons. The van der Waals surface area contributed by atoms with Crippen LogP contribution in [-0.2, 0) is 28.7 Å². The number of nitrogens with one attached hydrogen (secondary N) is 1. The van der Waals surface area contributed by atoms with Gasteiger partial charge >= 0.3 is 94.6 Å². The Bertz CT molecular complexity index is 808. The maximum Gasteiger partial charge on any atom is 1.00 e. The van der Waals surface area contributed by atoms with Crippen LogP contribution in [-0.4, -0.2) is 42.3 Å². The number of rotatable bonds is 11. The second-order valence-corrected chi connectivity index (χ2v) is 7.98. The normalized spacial score (nSPS) is 12.6. The molecule has 0 spiro atoms. The molecule has 13 heteroatoms. The molecule has 1 amide bonds. The summed E-state index contributed by atoms with van der Waals surface area (Å²) in [5, 5.41) is 22.4. The van der Waals surface area contributed by atoms with Crippen molar-refractivity contribution in [2.75, 3.05) is 6.73 Å². The minimum atomic E-state index is -1.36. The molecule has 1 aromatic rings. The number of hydrogen-bond donors (Lipinski definition) is 1. The van der Waals surface area contributed by atoms with Gasteiger partial charge in [-0.1, -0.05) is 78.5 Å². The van der Waals surface area contributed by atoms with E-state index in [1.54, 1.807) is 20.1 Å². The van der Waals surface area contributed by atoms with Crippen LogP contribution < -0.4 is 104 Å². The number of carboxylic acids is 2. The summed E-state index contributed by atoms with van der Waals surface area (Å²) in [6.45, 7) is 13.2. The molecule has 0 saturated heterocycles. The Morgan fingerprint density at radius 1 is 0.923 bits per heavy atom. The number of carbonyl (C=O) groups is 4. The third-order valence-electron chi connectivity index (χ3n) is 5.43. The molecule has 2 N–H and O–H groups in total. The standard InChI is InChI=1S/C10H14NO4.C10H14.C6H10O4.3Na.H2O/c1-4-9(13)11-6-15-10(14)8(3)7(2)5-12;1-3-9(2)10-7-5-4-6-8-10;1-3(5(7)8)4(2)6(9)10;;;;/h4,7-8H,1,6H2,2-3H3,(H,11,13);4-9H,3H2,1-2H3;3-4H,1-2H3,(H,7,8)(H,9,10);;;;1H2/q-1;;;3*+1;/p-3. The van der Waals surface area contributed by atoms with E-state index in [9.17, 15) is 34.2 Å². The van der Waals surface area contributed by atoms with Crippen LogP contribution in [0.5, 0.6) is 0 Å². The van der Waals surface area contributed by atoms with Gasteiger partial charge in [0.05, 0.1) is 0 Å². The van der Waals surface area contributed by atoms with Crippen LogP contribution >= 0.6 is 0 Å². The quantitative estimate of drug-likeness (QED) is 0.0879. The summed E-state index contributed by atoms with van der Waals surface area (Å²) in [7, 11) is 0. The third kappa shape index (κ3) is 24.9. The molecular weight excluding hydrogens is 539 g/mol. The van der Waals surface area contributed by atoms with E-state index in [1.165, 1.54) is 25.8 Å². The van der Waals surface area contributed by atoms with E-state index in [1.807, 2.05) is 0 Å². The molecule has 0 heterocycles. The maximum absolute atomic E-state index is 11.2. The molecule has 1 rings (SSSR count). The zero-order chi connectivity index (χ0) is 27.6. The second kappa shape index (κ2) is 30.4. The number of hydrogen-bond acceptors (Lipinski definition) is 9. The first-order valence-corrected chi connectivity index (χ1v) is 11.2. The molecule has 0 aliphatic carbocycles. The van der Waals surface area contributed by atoms with Gasteiger partial charge in [0.15, 0.2) is 6.73 Å². The summed E-state index contributed by atoms with van der Waals surface area (Å²) in [5.41, 5.74) is 1.45. The van der Waals surface area contributed by atoms with Gasteiger partial charge < -0.3 is 40.1 Å². The van der Waals surface area contributed by atoms with Crippen LogP contribution in [0.1, 0.15) is 59.4 Å². The molecule has 0 saturated carbocycles. The van der Waals surface area contributed by atoms with Crippen LogP contribution in [0.25, 0.3) is 0 Å². The first kappa shape index (κ1) is 51.2. The Hall–Kier alpha value is -0.530. The van der Waals surface area contributed by atoms with Gasteiger partial charge in [-0.15, -0.1) is 5.92 Å². The van der Waals surface area contributed by atoms with Crippen molar-refractivity contribution in [2.24, 2.45) is 23.7 Å². The average Bonchev–Trinajstić information content (AvgIpc) is 2.87. The van der Waals surface area contributed by atoms with Crippen molar-refractivity contribution in [1.29, 1.82) is 0 Å². The second-order valence-electron chi connectivity index (χ2n) is 7.98. The van der Waals surface area contributed by atoms with Gasteiger partial charge in [-0.05, 0) is 24.0 Å². The first-order valence-electron chi connectivity index (χ1n) is 11.2. The SMILES string of the molecule is C=CC(=O)NCOC(=O)C(C)C(C)[C-]=O.CC(C(=O)[O-])C(C)C(=O)[O-].CCC(C)c1ccccc1.[Na+].[Na+].[Na+].[OH-]. The smallest absolute Gasteiger partial charge is 0.870 e. The van der Waals surface area contributed by atoms with Crippen molar-refractivity contribution in [1.82, 2.24) is 5.32 Å². The van der Waals surface area contributed by atoms with E-state index in [-0.39, 0.29) is 101 Å². The zero-order valence-electron chi connectivity index (χ0n) is 24.7. The van der Waals surface area contributed by atoms with Crippen LogP contribution in [0.4, 0.5) is 0 Å². The minimum absolute atomic E-state index is 0. The van der Waals surface area contributed by atoms with Gasteiger partial charge in [0, 0.05) is 29.7 Å². The predicted molar refractivity (Wildman–Crippen MR) is 129 cm³/mol. The monoisotopic (exact) mass is 576 g/mol. The summed E-state index contributed by atoms with van der Waals surface area (Å²) in [6.07, 6.45) is 4.00. The van der Waals surface area contributed by atoms with Gasteiger partial charge in [-0.2, -0.15) is 0 Å². The molecule has 0 aromatic heterocycles. The van der Waals surface area contributed by atoms with Crippen molar-refractivity contribution in [3.8, 4) is 0 Å². The molecule has 5 atom stereocenters. The molecule has 39 heavy (non-hydrogen) atoms. The van der Waals surface area contributed by atoms with Crippen molar-refractivity contribution in [2.45, 2.75) is 53.9 Å². The number of carbonyl (C=O) groups excluding carboxylic acids is 5. The van der Waals surface area contributed by atoms with Crippen molar-refractivity contribution >= 4 is 30.1 Å². The first-order chi connectivity index (χ1) is 16.3. The number of carboxylic acid groups (broad SMARTS) is 2. The number of benzene rings is 1. The number of ether oxygens (including phenoxy) is 1. The van der Waals surface area contributed by atoms with Gasteiger partial charge in [0.2, 0.25) is 5.91 Å². The van der Waals surface area contributed by atoms with Gasteiger partial charge in [-0.25, -0.2) is 0 Å². The molecular formula is C26H37NNa3O9-. The fourth-order valence-corrected chi connectivity index (χ4v) is 2.11. The molecule has 10 nitrogen and oxygen atoms in total. The van der Waals surface area contributed by atoms with E-state index >= 15 is 0 Å². The summed E-state index contributed by atoms with van der Waals surface area (Å²) in [4.78, 5) is 52.3. The number of aliphatic carboxylic acids is 2. The molecule has 204 valence electrons. The van der Waals surface area contributed by atoms with E-state index in [2.05, 4.69) is 56.1 Å². The fraction of sp³-hybridized carbons (Fsp3) is 0.500. The summed E-state index contributed by atoms with van der Waals surface area (Å²) >= 11 is 0. The minimum Gasteiger partial charge on any atom is -0.870 e. The average molecular weight is 577 g/mol. The molecule has 1 aromatic carbocycles. The maximum atomic E-state index is 11.2. The van der Waals surface area contributed by atoms with Crippen molar-refractivity contribution in [3.63, 3.8) is 0 Å². The number of amides is 1. The van der Waals surface area contributed by atoms with E-state index in [0.717, 1.165) is 6.08 Å². The Kier molecular flexibility index (Phi) is 40.0. The molecule has 0 fully saturated rings. The summed E-state index contributed by atoms with van der Waals surface area (Å²) in [5.74, 6) is -6.07.